The van der Waals surface area contributed by atoms with Gasteiger partial charge in [0.15, 0.2) is 0 Å². The summed E-state index contributed by atoms with van der Waals surface area (Å²) in [6, 6.07) is 0. The van der Waals surface area contributed by atoms with Crippen LogP contribution in [0.3, 0.4) is 0 Å². The van der Waals surface area contributed by atoms with Crippen molar-refractivity contribution in [1.29, 1.82) is 0 Å². The van der Waals surface area contributed by atoms with E-state index in [0.29, 0.717) is 18.0 Å². The van der Waals surface area contributed by atoms with Gasteiger partial charge in [0.25, 0.3) is 0 Å². The monoisotopic (exact) mass is 301 g/mol. The summed E-state index contributed by atoms with van der Waals surface area (Å²) in [6.07, 6.45) is 1.81. The number of hydrogen-bond acceptors (Lipinski definition) is 3. The Morgan fingerprint density at radius 2 is 2.07 bits per heavy atom. The fraction of sp³-hybridized carbons (Fsp3) is 1.00. The molecule has 0 aliphatic rings. The molecular formula is C9H20BrNO3S. The minimum Gasteiger partial charge on any atom is -0.381 e. The smallest absolute Gasteiger partial charge is 0.213 e. The molecule has 0 bridgehead atoms. The molecule has 0 saturated heterocycles. The van der Waals surface area contributed by atoms with Crippen molar-refractivity contribution in [3.8, 4) is 0 Å². The molecule has 1 N–H and O–H groups in total. The van der Waals surface area contributed by atoms with Crippen LogP contribution >= 0.6 is 15.9 Å². The first kappa shape index (κ1) is 15.3. The second-order valence-corrected chi connectivity index (χ2v) is 6.43. The molecule has 0 heterocycles. The normalized spacial score (nSPS) is 14.1. The van der Waals surface area contributed by atoms with E-state index in [4.69, 9.17) is 4.74 Å². The fourth-order valence-corrected chi connectivity index (χ4v) is 2.10. The molecule has 0 aliphatic carbocycles. The van der Waals surface area contributed by atoms with Gasteiger partial charge in [0.2, 0.25) is 10.0 Å². The zero-order chi connectivity index (χ0) is 11.7. The van der Waals surface area contributed by atoms with E-state index >= 15 is 0 Å². The number of sulfonamides is 1. The summed E-state index contributed by atoms with van der Waals surface area (Å²) >= 11 is 3.45. The Morgan fingerprint density at radius 3 is 2.60 bits per heavy atom. The number of rotatable bonds is 9. The molecule has 0 rings (SSSR count). The van der Waals surface area contributed by atoms with E-state index in [1.165, 1.54) is 0 Å². The van der Waals surface area contributed by atoms with Crippen molar-refractivity contribution in [2.75, 3.05) is 25.5 Å². The lowest BCUT2D eigenvalue weighted by molar-refractivity contribution is 0.163. The van der Waals surface area contributed by atoms with Gasteiger partial charge in [-0.3, -0.25) is 0 Å². The Hall–Kier alpha value is 0.350. The van der Waals surface area contributed by atoms with Crippen molar-refractivity contribution in [3.05, 3.63) is 0 Å². The topological polar surface area (TPSA) is 55.4 Å². The molecule has 0 aromatic rings. The Morgan fingerprint density at radius 1 is 1.40 bits per heavy atom. The van der Waals surface area contributed by atoms with Gasteiger partial charge in [-0.05, 0) is 19.8 Å². The Kier molecular flexibility index (Phi) is 8.69. The Balaban J connectivity index is 3.65. The van der Waals surface area contributed by atoms with Gasteiger partial charge in [-0.25, -0.2) is 13.1 Å². The molecule has 0 aromatic heterocycles. The number of alkyl halides is 1. The summed E-state index contributed by atoms with van der Waals surface area (Å²) in [6.45, 7) is 5.20. The predicted molar refractivity (Wildman–Crippen MR) is 65.9 cm³/mol. The van der Waals surface area contributed by atoms with Crippen LogP contribution in [-0.2, 0) is 14.8 Å². The molecule has 1 atom stereocenters. The van der Waals surface area contributed by atoms with Gasteiger partial charge in [-0.1, -0.05) is 22.9 Å². The fourth-order valence-electron chi connectivity index (χ4n) is 0.960. The molecule has 15 heavy (non-hydrogen) atoms. The lowest BCUT2D eigenvalue weighted by atomic mass is 10.2. The third-order valence-electron chi connectivity index (χ3n) is 1.92. The molecular weight excluding hydrogens is 282 g/mol. The van der Waals surface area contributed by atoms with E-state index in [2.05, 4.69) is 27.6 Å². The van der Waals surface area contributed by atoms with Gasteiger partial charge in [-0.2, -0.15) is 0 Å². The molecule has 0 radical (unpaired) electrons. The number of ether oxygens (including phenoxy) is 1. The lowest BCUT2D eigenvalue weighted by Crippen LogP contribution is -2.30. The second kappa shape index (κ2) is 8.50. The van der Waals surface area contributed by atoms with Crippen molar-refractivity contribution in [3.63, 3.8) is 0 Å². The van der Waals surface area contributed by atoms with Crippen molar-refractivity contribution in [2.45, 2.75) is 31.5 Å². The highest BCUT2D eigenvalue weighted by molar-refractivity contribution is 9.09. The van der Waals surface area contributed by atoms with Crippen LogP contribution < -0.4 is 4.72 Å². The summed E-state index contributed by atoms with van der Waals surface area (Å²) in [4.78, 5) is 0.382. The predicted octanol–water partition coefficient (Wildman–Crippen LogP) is 1.51. The quantitative estimate of drug-likeness (QED) is 0.519. The SMILES string of the molecule is CCOCCS(=O)(=O)NCCC(Br)CC. The van der Waals surface area contributed by atoms with Crippen molar-refractivity contribution in [2.24, 2.45) is 0 Å². The van der Waals surface area contributed by atoms with E-state index in [9.17, 15) is 8.42 Å². The summed E-state index contributed by atoms with van der Waals surface area (Å²) in [5.74, 6) is 0.0416. The zero-order valence-corrected chi connectivity index (χ0v) is 11.7. The average molecular weight is 302 g/mol. The van der Waals surface area contributed by atoms with E-state index in [-0.39, 0.29) is 12.4 Å². The largest absolute Gasteiger partial charge is 0.381 e. The Bertz CT molecular complexity index is 244. The van der Waals surface area contributed by atoms with Crippen LogP contribution in [0, 0.1) is 0 Å². The molecule has 4 nitrogen and oxygen atoms in total. The maximum Gasteiger partial charge on any atom is 0.213 e. The van der Waals surface area contributed by atoms with Crippen LogP contribution in [0.25, 0.3) is 0 Å². The molecule has 1 unspecified atom stereocenters. The molecule has 92 valence electrons. The lowest BCUT2D eigenvalue weighted by Gasteiger charge is -2.08. The molecule has 0 fully saturated rings. The average Bonchev–Trinajstić information content (AvgIpc) is 2.17. The molecule has 0 aliphatic heterocycles. The van der Waals surface area contributed by atoms with Crippen LogP contribution in [0.4, 0.5) is 0 Å². The van der Waals surface area contributed by atoms with Crippen LogP contribution in [0.1, 0.15) is 26.7 Å². The second-order valence-electron chi connectivity index (χ2n) is 3.20. The molecule has 0 spiro atoms. The van der Waals surface area contributed by atoms with E-state index < -0.39 is 10.0 Å². The molecule has 0 aromatic carbocycles. The zero-order valence-electron chi connectivity index (χ0n) is 9.33. The maximum absolute atomic E-state index is 11.4. The first-order valence-corrected chi connectivity index (χ1v) is 7.77. The molecule has 0 saturated carbocycles. The van der Waals surface area contributed by atoms with Gasteiger partial charge in [0.05, 0.1) is 12.4 Å². The Labute approximate surface area is 101 Å². The van der Waals surface area contributed by atoms with E-state index in [0.717, 1.165) is 12.8 Å². The summed E-state index contributed by atoms with van der Waals surface area (Å²) < 4.78 is 30.3. The summed E-state index contributed by atoms with van der Waals surface area (Å²) in [5.41, 5.74) is 0. The minimum absolute atomic E-state index is 0.0416. The first-order chi connectivity index (χ1) is 7.02. The third kappa shape index (κ3) is 9.29. The number of nitrogens with one attached hydrogen (secondary N) is 1. The van der Waals surface area contributed by atoms with Crippen molar-refractivity contribution >= 4 is 26.0 Å². The first-order valence-electron chi connectivity index (χ1n) is 5.21. The van der Waals surface area contributed by atoms with Crippen molar-refractivity contribution < 1.29 is 13.2 Å². The summed E-state index contributed by atoms with van der Waals surface area (Å²) in [5, 5.41) is 0. The van der Waals surface area contributed by atoms with Gasteiger partial charge in [0, 0.05) is 18.0 Å². The van der Waals surface area contributed by atoms with Gasteiger partial charge >= 0.3 is 0 Å². The van der Waals surface area contributed by atoms with Crippen molar-refractivity contribution in [1.82, 2.24) is 4.72 Å². The highest BCUT2D eigenvalue weighted by Crippen LogP contribution is 2.07. The van der Waals surface area contributed by atoms with Crippen LogP contribution in [-0.4, -0.2) is 38.8 Å². The minimum atomic E-state index is -3.15. The van der Waals surface area contributed by atoms with Crippen LogP contribution in [0.15, 0.2) is 0 Å². The van der Waals surface area contributed by atoms with Gasteiger partial charge < -0.3 is 4.74 Å². The molecule has 6 heteroatoms. The van der Waals surface area contributed by atoms with E-state index in [1.54, 1.807) is 0 Å². The van der Waals surface area contributed by atoms with Gasteiger partial charge in [-0.15, -0.1) is 0 Å². The summed E-state index contributed by atoms with van der Waals surface area (Å²) in [7, 11) is -3.15. The number of halogens is 1. The third-order valence-corrected chi connectivity index (χ3v) is 4.38. The standard InChI is InChI=1S/C9H20BrNO3S/c1-3-9(10)5-6-11-15(12,13)8-7-14-4-2/h9,11H,3-8H2,1-2H3. The maximum atomic E-state index is 11.4. The van der Waals surface area contributed by atoms with E-state index in [1.807, 2.05) is 6.92 Å². The molecule has 0 amide bonds. The highest BCUT2D eigenvalue weighted by Gasteiger charge is 2.10. The highest BCUT2D eigenvalue weighted by atomic mass is 79.9. The van der Waals surface area contributed by atoms with Gasteiger partial charge in [0.1, 0.15) is 0 Å². The number of hydrogen-bond donors (Lipinski definition) is 1. The van der Waals surface area contributed by atoms with Crippen LogP contribution in [0.5, 0.6) is 0 Å². The van der Waals surface area contributed by atoms with Crippen LogP contribution in [0.2, 0.25) is 0 Å².